The first kappa shape index (κ1) is 11.7. The normalized spacial score (nSPS) is 17.9. The third kappa shape index (κ3) is 3.11. The fourth-order valence-corrected chi connectivity index (χ4v) is 2.32. The molecular formula is C13H19ClN2. The molecule has 0 atom stereocenters. The number of pyridine rings is 1. The molecule has 0 amide bonds. The zero-order valence-electron chi connectivity index (χ0n) is 9.66. The molecule has 2 nitrogen and oxygen atoms in total. The highest BCUT2D eigenvalue weighted by atomic mass is 35.5. The first-order chi connectivity index (χ1) is 7.90. The Hall–Kier alpha value is -0.760. The van der Waals surface area contributed by atoms with Gasteiger partial charge in [0, 0.05) is 25.2 Å². The van der Waals surface area contributed by atoms with Crippen molar-refractivity contribution in [2.24, 2.45) is 0 Å². The van der Waals surface area contributed by atoms with Crippen LogP contribution in [0.4, 0.5) is 5.82 Å². The highest BCUT2D eigenvalue weighted by molar-refractivity contribution is 6.17. The zero-order chi connectivity index (χ0) is 11.2. The van der Waals surface area contributed by atoms with Crippen molar-refractivity contribution < 1.29 is 0 Å². The second kappa shape index (κ2) is 6.09. The molecule has 2 heterocycles. The minimum Gasteiger partial charge on any atom is -0.357 e. The Morgan fingerprint density at radius 1 is 1.06 bits per heavy atom. The summed E-state index contributed by atoms with van der Waals surface area (Å²) in [5, 5.41) is 0. The molecule has 1 saturated heterocycles. The fraction of sp³-hybridized carbons (Fsp3) is 0.615. The van der Waals surface area contributed by atoms with Crippen LogP contribution in [0.1, 0.15) is 37.7 Å². The lowest BCUT2D eigenvalue weighted by molar-refractivity contribution is 0.554. The molecule has 0 unspecified atom stereocenters. The van der Waals surface area contributed by atoms with Crippen LogP contribution < -0.4 is 4.90 Å². The SMILES string of the molecule is ClCc1ccc(N2CCCCCCC2)nc1. The summed E-state index contributed by atoms with van der Waals surface area (Å²) in [7, 11) is 0. The van der Waals surface area contributed by atoms with Gasteiger partial charge in [-0.15, -0.1) is 11.6 Å². The molecule has 1 fully saturated rings. The Morgan fingerprint density at radius 3 is 2.31 bits per heavy atom. The molecule has 0 radical (unpaired) electrons. The van der Waals surface area contributed by atoms with Gasteiger partial charge in [0.15, 0.2) is 0 Å². The topological polar surface area (TPSA) is 16.1 Å². The maximum atomic E-state index is 5.76. The Balaban J connectivity index is 2.02. The summed E-state index contributed by atoms with van der Waals surface area (Å²) in [5.41, 5.74) is 1.09. The van der Waals surface area contributed by atoms with Crippen molar-refractivity contribution in [3.05, 3.63) is 23.9 Å². The molecule has 2 rings (SSSR count). The molecule has 3 heteroatoms. The summed E-state index contributed by atoms with van der Waals surface area (Å²) < 4.78 is 0. The quantitative estimate of drug-likeness (QED) is 0.732. The molecule has 16 heavy (non-hydrogen) atoms. The smallest absolute Gasteiger partial charge is 0.128 e. The second-order valence-corrected chi connectivity index (χ2v) is 4.68. The van der Waals surface area contributed by atoms with Crippen LogP contribution in [0.3, 0.4) is 0 Å². The van der Waals surface area contributed by atoms with Crippen molar-refractivity contribution in [3.63, 3.8) is 0 Å². The van der Waals surface area contributed by atoms with Gasteiger partial charge >= 0.3 is 0 Å². The van der Waals surface area contributed by atoms with Crippen LogP contribution in [-0.4, -0.2) is 18.1 Å². The first-order valence-corrected chi connectivity index (χ1v) is 6.69. The van der Waals surface area contributed by atoms with Gasteiger partial charge in [0.2, 0.25) is 0 Å². The summed E-state index contributed by atoms with van der Waals surface area (Å²) in [6.07, 6.45) is 8.58. The summed E-state index contributed by atoms with van der Waals surface area (Å²) in [6.45, 7) is 2.29. The van der Waals surface area contributed by atoms with E-state index in [0.717, 1.165) is 24.5 Å². The lowest BCUT2D eigenvalue weighted by atomic mass is 10.1. The van der Waals surface area contributed by atoms with Crippen molar-refractivity contribution >= 4 is 17.4 Å². The van der Waals surface area contributed by atoms with Gasteiger partial charge < -0.3 is 4.90 Å². The van der Waals surface area contributed by atoms with Gasteiger partial charge in [-0.1, -0.05) is 25.3 Å². The largest absolute Gasteiger partial charge is 0.357 e. The van der Waals surface area contributed by atoms with Crippen LogP contribution in [0.5, 0.6) is 0 Å². The Kier molecular flexibility index (Phi) is 4.46. The van der Waals surface area contributed by atoms with Gasteiger partial charge in [0.05, 0.1) is 0 Å². The maximum absolute atomic E-state index is 5.76. The van der Waals surface area contributed by atoms with E-state index < -0.39 is 0 Å². The van der Waals surface area contributed by atoms with E-state index in [4.69, 9.17) is 11.6 Å². The van der Waals surface area contributed by atoms with Crippen molar-refractivity contribution in [2.45, 2.75) is 38.0 Å². The number of hydrogen-bond donors (Lipinski definition) is 0. The molecule has 0 aliphatic carbocycles. The molecule has 0 saturated carbocycles. The minimum absolute atomic E-state index is 0.549. The van der Waals surface area contributed by atoms with Crippen LogP contribution in [-0.2, 0) is 5.88 Å². The third-order valence-electron chi connectivity index (χ3n) is 3.14. The summed E-state index contributed by atoms with van der Waals surface area (Å²) in [6, 6.07) is 4.17. The van der Waals surface area contributed by atoms with Crippen LogP contribution in [0.25, 0.3) is 0 Å². The van der Waals surface area contributed by atoms with E-state index in [1.807, 2.05) is 6.20 Å². The van der Waals surface area contributed by atoms with Gasteiger partial charge in [-0.25, -0.2) is 4.98 Å². The summed E-state index contributed by atoms with van der Waals surface area (Å²) in [4.78, 5) is 6.89. The molecule has 0 aromatic carbocycles. The van der Waals surface area contributed by atoms with E-state index in [1.54, 1.807) is 0 Å². The second-order valence-electron chi connectivity index (χ2n) is 4.41. The Morgan fingerprint density at radius 2 is 1.75 bits per heavy atom. The van der Waals surface area contributed by atoms with E-state index in [1.165, 1.54) is 32.1 Å². The number of anilines is 1. The van der Waals surface area contributed by atoms with E-state index in [9.17, 15) is 0 Å². The van der Waals surface area contributed by atoms with Crippen molar-refractivity contribution in [1.82, 2.24) is 4.98 Å². The van der Waals surface area contributed by atoms with Crippen molar-refractivity contribution in [1.29, 1.82) is 0 Å². The van der Waals surface area contributed by atoms with Gasteiger partial charge in [-0.3, -0.25) is 0 Å². The zero-order valence-corrected chi connectivity index (χ0v) is 10.4. The predicted octanol–water partition coefficient (Wildman–Crippen LogP) is 3.59. The molecule has 1 aliphatic rings. The highest BCUT2D eigenvalue weighted by Gasteiger charge is 2.09. The maximum Gasteiger partial charge on any atom is 0.128 e. The lowest BCUT2D eigenvalue weighted by Gasteiger charge is -2.25. The highest BCUT2D eigenvalue weighted by Crippen LogP contribution is 2.17. The van der Waals surface area contributed by atoms with E-state index in [2.05, 4.69) is 22.0 Å². The molecule has 1 aromatic heterocycles. The number of alkyl halides is 1. The first-order valence-electron chi connectivity index (χ1n) is 6.16. The number of halogens is 1. The van der Waals surface area contributed by atoms with Gasteiger partial charge in [0.25, 0.3) is 0 Å². The monoisotopic (exact) mass is 238 g/mol. The number of nitrogens with zero attached hydrogens (tertiary/aromatic N) is 2. The molecule has 1 aromatic rings. The average molecular weight is 239 g/mol. The number of aromatic nitrogens is 1. The number of hydrogen-bond acceptors (Lipinski definition) is 2. The van der Waals surface area contributed by atoms with Crippen LogP contribution in [0.15, 0.2) is 18.3 Å². The lowest BCUT2D eigenvalue weighted by Crippen LogP contribution is -2.27. The molecule has 88 valence electrons. The molecule has 0 bridgehead atoms. The number of rotatable bonds is 2. The van der Waals surface area contributed by atoms with E-state index >= 15 is 0 Å². The van der Waals surface area contributed by atoms with Gasteiger partial charge in [-0.05, 0) is 24.5 Å². The Labute approximate surface area is 103 Å². The standard InChI is InChI=1S/C13H19ClN2/c14-10-12-6-7-13(15-11-12)16-8-4-2-1-3-5-9-16/h6-7,11H,1-5,8-10H2. The fourth-order valence-electron chi connectivity index (χ4n) is 2.16. The molecular weight excluding hydrogens is 220 g/mol. The van der Waals surface area contributed by atoms with Crippen molar-refractivity contribution in [3.8, 4) is 0 Å². The van der Waals surface area contributed by atoms with Crippen LogP contribution in [0.2, 0.25) is 0 Å². The van der Waals surface area contributed by atoms with Crippen LogP contribution in [0, 0.1) is 0 Å². The van der Waals surface area contributed by atoms with Gasteiger partial charge in [0.1, 0.15) is 5.82 Å². The van der Waals surface area contributed by atoms with E-state index in [0.29, 0.717) is 5.88 Å². The molecule has 0 spiro atoms. The van der Waals surface area contributed by atoms with Crippen molar-refractivity contribution in [2.75, 3.05) is 18.0 Å². The van der Waals surface area contributed by atoms with Gasteiger partial charge in [-0.2, -0.15) is 0 Å². The van der Waals surface area contributed by atoms with Crippen LogP contribution >= 0.6 is 11.6 Å². The molecule has 0 N–H and O–H groups in total. The average Bonchev–Trinajstić information content (AvgIpc) is 2.29. The summed E-state index contributed by atoms with van der Waals surface area (Å²) in [5.74, 6) is 1.66. The summed E-state index contributed by atoms with van der Waals surface area (Å²) >= 11 is 5.76. The Bertz CT molecular complexity index is 302. The minimum atomic E-state index is 0.549. The predicted molar refractivity (Wildman–Crippen MR) is 69.1 cm³/mol. The molecule has 1 aliphatic heterocycles. The van der Waals surface area contributed by atoms with E-state index in [-0.39, 0.29) is 0 Å². The third-order valence-corrected chi connectivity index (χ3v) is 3.45.